The molecule has 3 rings (SSSR count). The van der Waals surface area contributed by atoms with Gasteiger partial charge in [0.15, 0.2) is 0 Å². The monoisotopic (exact) mass is 312 g/mol. The molecule has 124 valence electrons. The highest BCUT2D eigenvalue weighted by Gasteiger charge is 2.21. The number of benzene rings is 2. The van der Waals surface area contributed by atoms with Gasteiger partial charge in [-0.1, -0.05) is 51.3 Å². The summed E-state index contributed by atoms with van der Waals surface area (Å²) < 4.78 is 0. The number of aromatic hydroxyl groups is 2. The summed E-state index contributed by atoms with van der Waals surface area (Å²) in [6.45, 7) is 5.94. The Labute approximate surface area is 139 Å². The number of phenolic OH excluding ortho intramolecular Hbond substituents is 2. The zero-order chi connectivity index (χ0) is 16.8. The van der Waals surface area contributed by atoms with Crippen molar-refractivity contribution in [2.45, 2.75) is 58.8 Å². The van der Waals surface area contributed by atoms with Gasteiger partial charge in [-0.25, -0.2) is 0 Å². The van der Waals surface area contributed by atoms with Crippen LogP contribution >= 0.6 is 0 Å². The molecular weight excluding hydrogens is 284 g/mol. The van der Waals surface area contributed by atoms with Gasteiger partial charge in [0.25, 0.3) is 0 Å². The molecule has 0 heterocycles. The highest BCUT2D eigenvalue weighted by Crippen LogP contribution is 2.41. The van der Waals surface area contributed by atoms with Crippen LogP contribution in [-0.4, -0.2) is 10.2 Å². The van der Waals surface area contributed by atoms with Crippen LogP contribution in [0.15, 0.2) is 36.4 Å². The maximum absolute atomic E-state index is 10.4. The molecule has 2 N–H and O–H groups in total. The molecule has 1 aliphatic rings. The third kappa shape index (κ3) is 3.87. The van der Waals surface area contributed by atoms with Crippen LogP contribution in [0.2, 0.25) is 0 Å². The largest absolute Gasteiger partial charge is 0.507 e. The zero-order valence-electron chi connectivity index (χ0n) is 14.5. The second-order valence-corrected chi connectivity index (χ2v) is 6.08. The fraction of sp³-hybridized carbons (Fsp3) is 0.429. The smallest absolute Gasteiger partial charge is 0.123 e. The van der Waals surface area contributed by atoms with Gasteiger partial charge in [0, 0.05) is 5.56 Å². The molecule has 0 unspecified atom stereocenters. The lowest BCUT2D eigenvalue weighted by Crippen LogP contribution is -2.05. The fourth-order valence-electron chi connectivity index (χ4n) is 3.40. The molecular formula is C21H28O2. The molecule has 2 heteroatoms. The lowest BCUT2D eigenvalue weighted by atomic mass is 9.82. The molecule has 23 heavy (non-hydrogen) atoms. The number of hydrogen-bond donors (Lipinski definition) is 2. The van der Waals surface area contributed by atoms with E-state index in [4.69, 9.17) is 0 Å². The molecule has 0 bridgehead atoms. The van der Waals surface area contributed by atoms with Gasteiger partial charge in [-0.3, -0.25) is 0 Å². The normalized spacial score (nSPS) is 14.9. The molecule has 1 saturated carbocycles. The Balaban J connectivity index is 0.000000924. The second kappa shape index (κ2) is 8.05. The first kappa shape index (κ1) is 17.4. The highest BCUT2D eigenvalue weighted by atomic mass is 16.3. The topological polar surface area (TPSA) is 40.5 Å². The second-order valence-electron chi connectivity index (χ2n) is 6.08. The van der Waals surface area contributed by atoms with Gasteiger partial charge in [-0.05, 0) is 60.6 Å². The molecule has 0 amide bonds. The van der Waals surface area contributed by atoms with Gasteiger partial charge < -0.3 is 10.2 Å². The predicted molar refractivity (Wildman–Crippen MR) is 97.1 cm³/mol. The first-order chi connectivity index (χ1) is 11.2. The van der Waals surface area contributed by atoms with Gasteiger partial charge in [-0.15, -0.1) is 0 Å². The lowest BCUT2D eigenvalue weighted by molar-refractivity contribution is 0.412. The van der Waals surface area contributed by atoms with E-state index in [2.05, 4.69) is 6.07 Å². The minimum atomic E-state index is 0.289. The van der Waals surface area contributed by atoms with Crippen molar-refractivity contribution in [3.63, 3.8) is 0 Å². The summed E-state index contributed by atoms with van der Waals surface area (Å²) in [6, 6.07) is 11.4. The molecule has 2 aromatic rings. The Morgan fingerprint density at radius 3 is 2.22 bits per heavy atom. The van der Waals surface area contributed by atoms with Gasteiger partial charge in [-0.2, -0.15) is 0 Å². The van der Waals surface area contributed by atoms with Crippen LogP contribution in [0.1, 0.15) is 63.0 Å². The summed E-state index contributed by atoms with van der Waals surface area (Å²) in [7, 11) is 0. The van der Waals surface area contributed by atoms with E-state index >= 15 is 0 Å². The minimum absolute atomic E-state index is 0.289. The van der Waals surface area contributed by atoms with Crippen molar-refractivity contribution in [2.75, 3.05) is 0 Å². The van der Waals surface area contributed by atoms with Gasteiger partial charge in [0.2, 0.25) is 0 Å². The zero-order valence-corrected chi connectivity index (χ0v) is 14.5. The third-order valence-electron chi connectivity index (χ3n) is 4.59. The van der Waals surface area contributed by atoms with Crippen LogP contribution in [0.25, 0.3) is 11.1 Å². The van der Waals surface area contributed by atoms with Gasteiger partial charge in [0.1, 0.15) is 11.5 Å². The third-order valence-corrected chi connectivity index (χ3v) is 4.59. The average molecular weight is 312 g/mol. The van der Waals surface area contributed by atoms with E-state index in [9.17, 15) is 10.2 Å². The van der Waals surface area contributed by atoms with Crippen LogP contribution in [0.5, 0.6) is 11.5 Å². The van der Waals surface area contributed by atoms with E-state index in [1.54, 1.807) is 6.07 Å². The van der Waals surface area contributed by atoms with Crippen LogP contribution < -0.4 is 0 Å². The molecule has 0 spiro atoms. The Morgan fingerprint density at radius 2 is 1.57 bits per heavy atom. The van der Waals surface area contributed by atoms with E-state index in [0.29, 0.717) is 11.7 Å². The molecule has 2 aromatic carbocycles. The molecule has 1 fully saturated rings. The number of para-hydroxylation sites is 1. The summed E-state index contributed by atoms with van der Waals surface area (Å²) in [5, 5.41) is 20.5. The number of phenols is 2. The summed E-state index contributed by atoms with van der Waals surface area (Å²) in [5.41, 5.74) is 3.76. The van der Waals surface area contributed by atoms with Gasteiger partial charge in [0.05, 0.1) is 0 Å². The molecule has 0 radical (unpaired) electrons. The molecule has 0 aliphatic heterocycles. The number of rotatable bonds is 2. The van der Waals surface area contributed by atoms with Crippen LogP contribution in [0, 0.1) is 6.92 Å². The van der Waals surface area contributed by atoms with Crippen molar-refractivity contribution in [2.24, 2.45) is 0 Å². The van der Waals surface area contributed by atoms with Crippen LogP contribution in [0.4, 0.5) is 0 Å². The van der Waals surface area contributed by atoms with E-state index in [-0.39, 0.29) is 5.75 Å². The maximum Gasteiger partial charge on any atom is 0.123 e. The predicted octanol–water partition coefficient (Wildman–Crippen LogP) is 6.15. The van der Waals surface area contributed by atoms with E-state index in [0.717, 1.165) is 35.1 Å². The highest BCUT2D eigenvalue weighted by molar-refractivity contribution is 5.72. The van der Waals surface area contributed by atoms with Crippen LogP contribution in [0.3, 0.4) is 0 Å². The SMILES string of the molecule is CC.Cc1cc(-c2ccccc2O)cc(C2CCCCC2)c1O. The summed E-state index contributed by atoms with van der Waals surface area (Å²) >= 11 is 0. The van der Waals surface area contributed by atoms with E-state index < -0.39 is 0 Å². The molecule has 0 saturated heterocycles. The quantitative estimate of drug-likeness (QED) is 0.698. The van der Waals surface area contributed by atoms with Crippen molar-refractivity contribution in [3.05, 3.63) is 47.5 Å². The molecule has 2 nitrogen and oxygen atoms in total. The molecule has 1 aliphatic carbocycles. The van der Waals surface area contributed by atoms with Crippen LogP contribution in [-0.2, 0) is 0 Å². The van der Waals surface area contributed by atoms with Crippen molar-refractivity contribution >= 4 is 0 Å². The molecule has 0 atom stereocenters. The summed E-state index contributed by atoms with van der Waals surface area (Å²) in [6.07, 6.45) is 6.08. The van der Waals surface area contributed by atoms with E-state index in [1.807, 2.05) is 45.0 Å². The maximum atomic E-state index is 10.4. The molecule has 0 aromatic heterocycles. The number of aryl methyl sites for hydroxylation is 1. The summed E-state index contributed by atoms with van der Waals surface area (Å²) in [5.74, 6) is 1.17. The Bertz CT molecular complexity index is 640. The fourth-order valence-corrected chi connectivity index (χ4v) is 3.40. The van der Waals surface area contributed by atoms with Crippen molar-refractivity contribution in [1.82, 2.24) is 0 Å². The van der Waals surface area contributed by atoms with Gasteiger partial charge >= 0.3 is 0 Å². The van der Waals surface area contributed by atoms with Crippen molar-refractivity contribution < 1.29 is 10.2 Å². The van der Waals surface area contributed by atoms with Crippen molar-refractivity contribution in [1.29, 1.82) is 0 Å². The Morgan fingerprint density at radius 1 is 0.913 bits per heavy atom. The first-order valence-corrected chi connectivity index (χ1v) is 8.78. The average Bonchev–Trinajstić information content (AvgIpc) is 2.60. The Hall–Kier alpha value is -1.96. The Kier molecular flexibility index (Phi) is 6.09. The van der Waals surface area contributed by atoms with Crippen molar-refractivity contribution in [3.8, 4) is 22.6 Å². The first-order valence-electron chi connectivity index (χ1n) is 8.78. The summed E-state index contributed by atoms with van der Waals surface area (Å²) in [4.78, 5) is 0. The van der Waals surface area contributed by atoms with E-state index in [1.165, 1.54) is 19.3 Å². The standard InChI is InChI=1S/C19H22O2.C2H6/c1-13-11-15(16-9-5-6-10-18(16)20)12-17(19(13)21)14-7-3-2-4-8-14;1-2/h5-6,9-12,14,20-21H,2-4,7-8H2,1H3;1-2H3. The lowest BCUT2D eigenvalue weighted by Gasteiger charge is -2.24. The number of hydrogen-bond acceptors (Lipinski definition) is 2. The minimum Gasteiger partial charge on any atom is -0.507 e.